The topological polar surface area (TPSA) is 77.8 Å². The Balaban J connectivity index is 2.07. The number of hydrogen-bond acceptors (Lipinski definition) is 5. The molecule has 2 aromatic heterocycles. The molecule has 2 heterocycles. The Morgan fingerprint density at radius 2 is 2.05 bits per heavy atom. The number of rotatable bonds is 2. The molecule has 0 aliphatic rings. The van der Waals surface area contributed by atoms with Gasteiger partial charge in [0.2, 0.25) is 11.7 Å². The van der Waals surface area contributed by atoms with Gasteiger partial charge in [0.05, 0.1) is 11.1 Å². The van der Waals surface area contributed by atoms with Crippen molar-refractivity contribution < 1.29 is 4.52 Å². The molecule has 0 radical (unpaired) electrons. The molecule has 0 aliphatic carbocycles. The Morgan fingerprint density at radius 1 is 1.21 bits per heavy atom. The van der Waals surface area contributed by atoms with Gasteiger partial charge in [-0.1, -0.05) is 11.2 Å². The maximum absolute atomic E-state index is 5.93. The van der Waals surface area contributed by atoms with Crippen LogP contribution in [0.25, 0.3) is 22.3 Å². The first-order chi connectivity index (χ1) is 9.04. The van der Waals surface area contributed by atoms with E-state index in [9.17, 15) is 0 Å². The van der Waals surface area contributed by atoms with Gasteiger partial charge in [0.1, 0.15) is 0 Å². The van der Waals surface area contributed by atoms with Crippen LogP contribution in [0.5, 0.6) is 0 Å². The van der Waals surface area contributed by atoms with Crippen LogP contribution in [0.2, 0.25) is 0 Å². The van der Waals surface area contributed by atoms with Crippen LogP contribution < -0.4 is 5.73 Å². The lowest BCUT2D eigenvalue weighted by molar-refractivity contribution is 0.312. The van der Waals surface area contributed by atoms with Gasteiger partial charge >= 0.3 is 0 Å². The second-order valence-electron chi connectivity index (χ2n) is 5.06. The van der Waals surface area contributed by atoms with Crippen LogP contribution in [-0.2, 0) is 5.54 Å². The van der Waals surface area contributed by atoms with Crippen molar-refractivity contribution in [1.82, 2.24) is 15.1 Å². The molecule has 3 rings (SSSR count). The molecule has 0 amide bonds. The Kier molecular flexibility index (Phi) is 2.57. The first kappa shape index (κ1) is 11.8. The molecular formula is C14H14N4O. The van der Waals surface area contributed by atoms with Crippen LogP contribution in [0.15, 0.2) is 41.1 Å². The molecule has 0 spiro atoms. The first-order valence-corrected chi connectivity index (χ1v) is 6.02. The monoisotopic (exact) mass is 254 g/mol. The average Bonchev–Trinajstić information content (AvgIpc) is 2.87. The van der Waals surface area contributed by atoms with E-state index in [0.717, 1.165) is 16.5 Å². The lowest BCUT2D eigenvalue weighted by Crippen LogP contribution is -2.28. The largest absolute Gasteiger partial charge is 0.337 e. The molecule has 0 atom stereocenters. The van der Waals surface area contributed by atoms with E-state index in [1.807, 2.05) is 44.2 Å². The van der Waals surface area contributed by atoms with Crippen LogP contribution in [0.3, 0.4) is 0 Å². The highest BCUT2D eigenvalue weighted by Crippen LogP contribution is 2.23. The number of fused-ring (bicyclic) bond motifs is 1. The third-order valence-electron chi connectivity index (χ3n) is 2.84. The molecule has 0 saturated heterocycles. The second-order valence-corrected chi connectivity index (χ2v) is 5.06. The number of hydrogen-bond donors (Lipinski definition) is 1. The predicted molar refractivity (Wildman–Crippen MR) is 72.2 cm³/mol. The second kappa shape index (κ2) is 4.13. The summed E-state index contributed by atoms with van der Waals surface area (Å²) in [6.07, 6.45) is 1.77. The van der Waals surface area contributed by atoms with Crippen molar-refractivity contribution in [3.63, 3.8) is 0 Å². The summed E-state index contributed by atoms with van der Waals surface area (Å²) in [7, 11) is 0. The van der Waals surface area contributed by atoms with Gasteiger partial charge < -0.3 is 10.3 Å². The first-order valence-electron chi connectivity index (χ1n) is 6.02. The molecule has 0 fully saturated rings. The van der Waals surface area contributed by atoms with Crippen LogP contribution >= 0.6 is 0 Å². The minimum absolute atomic E-state index is 0.425. The molecule has 19 heavy (non-hydrogen) atoms. The Bertz CT molecular complexity index is 727. The zero-order valence-electron chi connectivity index (χ0n) is 10.8. The number of aromatic nitrogens is 3. The summed E-state index contributed by atoms with van der Waals surface area (Å²) in [5.74, 6) is 0.966. The maximum Gasteiger partial charge on any atom is 0.246 e. The average molecular weight is 254 g/mol. The summed E-state index contributed by atoms with van der Waals surface area (Å²) < 4.78 is 5.19. The van der Waals surface area contributed by atoms with Crippen LogP contribution in [-0.4, -0.2) is 15.1 Å². The van der Waals surface area contributed by atoms with E-state index in [-0.39, 0.29) is 0 Å². The highest BCUT2D eigenvalue weighted by atomic mass is 16.5. The highest BCUT2D eigenvalue weighted by Gasteiger charge is 2.22. The summed E-state index contributed by atoms with van der Waals surface area (Å²) in [4.78, 5) is 8.61. The van der Waals surface area contributed by atoms with Crippen LogP contribution in [0.4, 0.5) is 0 Å². The molecule has 0 bridgehead atoms. The van der Waals surface area contributed by atoms with Crippen molar-refractivity contribution in [1.29, 1.82) is 0 Å². The Morgan fingerprint density at radius 3 is 2.79 bits per heavy atom. The molecule has 5 nitrogen and oxygen atoms in total. The summed E-state index contributed by atoms with van der Waals surface area (Å²) >= 11 is 0. The maximum atomic E-state index is 5.93. The van der Waals surface area contributed by atoms with Crippen molar-refractivity contribution in [2.24, 2.45) is 5.73 Å². The van der Waals surface area contributed by atoms with E-state index in [2.05, 4.69) is 15.1 Å². The molecule has 0 aliphatic heterocycles. The van der Waals surface area contributed by atoms with Gasteiger partial charge in [0, 0.05) is 17.1 Å². The minimum Gasteiger partial charge on any atom is -0.337 e. The zero-order valence-corrected chi connectivity index (χ0v) is 10.8. The SMILES string of the molecule is CC(C)(N)c1nc(-c2ccc3ncccc3c2)no1. The van der Waals surface area contributed by atoms with E-state index in [1.165, 1.54) is 0 Å². The van der Waals surface area contributed by atoms with E-state index < -0.39 is 5.54 Å². The van der Waals surface area contributed by atoms with Gasteiger partial charge in [-0.05, 0) is 38.1 Å². The molecule has 3 aromatic rings. The molecule has 96 valence electrons. The normalized spacial score (nSPS) is 11.9. The number of benzene rings is 1. The third-order valence-corrected chi connectivity index (χ3v) is 2.84. The fraction of sp³-hybridized carbons (Fsp3) is 0.214. The molecule has 2 N–H and O–H groups in total. The van der Waals surface area contributed by atoms with E-state index >= 15 is 0 Å². The van der Waals surface area contributed by atoms with E-state index in [0.29, 0.717) is 11.7 Å². The molecule has 0 unspecified atom stereocenters. The lowest BCUT2D eigenvalue weighted by atomic mass is 10.1. The van der Waals surface area contributed by atoms with E-state index in [4.69, 9.17) is 10.3 Å². The predicted octanol–water partition coefficient (Wildman–Crippen LogP) is 2.48. The third kappa shape index (κ3) is 2.20. The fourth-order valence-electron chi connectivity index (χ4n) is 1.82. The van der Waals surface area contributed by atoms with Gasteiger partial charge in [0.15, 0.2) is 0 Å². The molecule has 5 heteroatoms. The standard InChI is InChI=1S/C14H14N4O/c1-14(2,15)13-17-12(18-19-13)10-5-6-11-9(8-10)4-3-7-16-11/h3-8H,15H2,1-2H3. The van der Waals surface area contributed by atoms with Crippen molar-refractivity contribution >= 4 is 10.9 Å². The van der Waals surface area contributed by atoms with Crippen molar-refractivity contribution in [2.45, 2.75) is 19.4 Å². The van der Waals surface area contributed by atoms with Gasteiger partial charge in [-0.3, -0.25) is 4.98 Å². The Hall–Kier alpha value is -2.27. The smallest absolute Gasteiger partial charge is 0.246 e. The highest BCUT2D eigenvalue weighted by molar-refractivity contribution is 5.82. The van der Waals surface area contributed by atoms with Crippen molar-refractivity contribution in [3.8, 4) is 11.4 Å². The quantitative estimate of drug-likeness (QED) is 0.760. The Labute approximate surface area is 110 Å². The lowest BCUT2D eigenvalue weighted by Gasteiger charge is -2.10. The minimum atomic E-state index is -0.635. The zero-order chi connectivity index (χ0) is 13.5. The molecule has 1 aromatic carbocycles. The summed E-state index contributed by atoms with van der Waals surface area (Å²) in [6.45, 7) is 3.66. The van der Waals surface area contributed by atoms with Gasteiger partial charge in [-0.2, -0.15) is 4.98 Å². The van der Waals surface area contributed by atoms with Gasteiger partial charge in [-0.15, -0.1) is 0 Å². The van der Waals surface area contributed by atoms with Crippen molar-refractivity contribution in [3.05, 3.63) is 42.4 Å². The summed E-state index contributed by atoms with van der Waals surface area (Å²) in [6, 6.07) is 9.75. The molecular weight excluding hydrogens is 240 g/mol. The van der Waals surface area contributed by atoms with Gasteiger partial charge in [0.25, 0.3) is 0 Å². The van der Waals surface area contributed by atoms with E-state index in [1.54, 1.807) is 6.20 Å². The van der Waals surface area contributed by atoms with Gasteiger partial charge in [-0.25, -0.2) is 0 Å². The van der Waals surface area contributed by atoms with Crippen molar-refractivity contribution in [2.75, 3.05) is 0 Å². The number of pyridine rings is 1. The summed E-state index contributed by atoms with van der Waals surface area (Å²) in [5, 5.41) is 5.01. The fourth-order valence-corrected chi connectivity index (χ4v) is 1.82. The number of nitrogens with two attached hydrogens (primary N) is 1. The van der Waals surface area contributed by atoms with Crippen LogP contribution in [0.1, 0.15) is 19.7 Å². The molecule has 0 saturated carbocycles. The summed E-state index contributed by atoms with van der Waals surface area (Å²) in [5.41, 5.74) is 7.12. The van der Waals surface area contributed by atoms with Crippen LogP contribution in [0, 0.1) is 0 Å². The number of nitrogens with zero attached hydrogens (tertiary/aromatic N) is 3.